The topological polar surface area (TPSA) is 104 Å². The van der Waals surface area contributed by atoms with E-state index in [2.05, 4.69) is 22.6 Å². The Labute approximate surface area is 152 Å². The summed E-state index contributed by atoms with van der Waals surface area (Å²) in [7, 11) is 0. The molecule has 0 radical (unpaired) electrons. The first-order chi connectivity index (χ1) is 12.6. The van der Waals surface area contributed by atoms with Gasteiger partial charge in [0.2, 0.25) is 0 Å². The van der Waals surface area contributed by atoms with Gasteiger partial charge in [0.1, 0.15) is 13.2 Å². The highest BCUT2D eigenvalue weighted by Crippen LogP contribution is 2.32. The Morgan fingerprint density at radius 2 is 2.12 bits per heavy atom. The molecule has 0 aliphatic carbocycles. The van der Waals surface area contributed by atoms with E-state index in [0.29, 0.717) is 42.6 Å². The fourth-order valence-electron chi connectivity index (χ4n) is 2.90. The number of nitrogens with zero attached hydrogens (tertiary/aromatic N) is 3. The van der Waals surface area contributed by atoms with Gasteiger partial charge in [-0.05, 0) is 25.5 Å². The van der Waals surface area contributed by atoms with Crippen molar-refractivity contribution in [3.05, 3.63) is 29.6 Å². The second-order valence-electron chi connectivity index (χ2n) is 6.31. The lowest BCUT2D eigenvalue weighted by molar-refractivity contribution is 0.0930. The van der Waals surface area contributed by atoms with E-state index in [9.17, 15) is 4.79 Å². The summed E-state index contributed by atoms with van der Waals surface area (Å²) in [5, 5.41) is 11.1. The number of nitrogens with two attached hydrogens (primary N) is 1. The van der Waals surface area contributed by atoms with E-state index in [1.807, 2.05) is 25.1 Å². The zero-order valence-electron chi connectivity index (χ0n) is 15.2. The molecule has 8 heteroatoms. The predicted octanol–water partition coefficient (Wildman–Crippen LogP) is 1.59. The molecule has 1 unspecified atom stereocenters. The molecule has 1 aliphatic heterocycles. The normalized spacial score (nSPS) is 14.1. The molecular weight excluding hydrogens is 334 g/mol. The van der Waals surface area contributed by atoms with E-state index in [1.165, 1.54) is 0 Å². The van der Waals surface area contributed by atoms with Gasteiger partial charge in [-0.25, -0.2) is 4.68 Å². The zero-order chi connectivity index (χ0) is 18.5. The monoisotopic (exact) mass is 359 g/mol. The van der Waals surface area contributed by atoms with Crippen LogP contribution in [0.4, 0.5) is 0 Å². The highest BCUT2D eigenvalue weighted by Gasteiger charge is 2.21. The fourth-order valence-corrected chi connectivity index (χ4v) is 2.90. The molecule has 140 valence electrons. The maximum Gasteiger partial charge on any atom is 0.274 e. The smallest absolute Gasteiger partial charge is 0.274 e. The van der Waals surface area contributed by atoms with Gasteiger partial charge in [0.25, 0.3) is 5.91 Å². The number of ether oxygens (including phenoxy) is 2. The lowest BCUT2D eigenvalue weighted by Gasteiger charge is -2.19. The van der Waals surface area contributed by atoms with Gasteiger partial charge in [-0.1, -0.05) is 25.0 Å². The van der Waals surface area contributed by atoms with Crippen LogP contribution in [0.1, 0.15) is 42.4 Å². The Balaban J connectivity index is 1.78. The van der Waals surface area contributed by atoms with Crippen molar-refractivity contribution in [2.24, 2.45) is 5.73 Å². The van der Waals surface area contributed by atoms with Crippen molar-refractivity contribution in [3.63, 3.8) is 0 Å². The third-order valence-electron chi connectivity index (χ3n) is 4.41. The van der Waals surface area contributed by atoms with Gasteiger partial charge in [0.05, 0.1) is 11.4 Å². The van der Waals surface area contributed by atoms with Crippen LogP contribution in [-0.2, 0) is 0 Å². The second-order valence-corrected chi connectivity index (χ2v) is 6.31. The summed E-state index contributed by atoms with van der Waals surface area (Å²) < 4.78 is 12.8. The van der Waals surface area contributed by atoms with Crippen molar-refractivity contribution in [1.82, 2.24) is 20.3 Å². The van der Waals surface area contributed by atoms with Crippen molar-refractivity contribution in [1.29, 1.82) is 0 Å². The molecule has 26 heavy (non-hydrogen) atoms. The molecule has 1 aliphatic rings. The minimum Gasteiger partial charge on any atom is -0.486 e. The molecule has 1 amide bonds. The fraction of sp³-hybridized carbons (Fsp3) is 0.500. The van der Waals surface area contributed by atoms with Gasteiger partial charge < -0.3 is 20.5 Å². The summed E-state index contributed by atoms with van der Waals surface area (Å²) >= 11 is 0. The first kappa shape index (κ1) is 18.2. The van der Waals surface area contributed by atoms with Gasteiger partial charge in [-0.15, -0.1) is 5.10 Å². The van der Waals surface area contributed by atoms with E-state index < -0.39 is 0 Å². The number of aromatic nitrogens is 3. The second kappa shape index (κ2) is 8.18. The molecule has 8 nitrogen and oxygen atoms in total. The van der Waals surface area contributed by atoms with Gasteiger partial charge in [0, 0.05) is 18.7 Å². The standard InChI is InChI=1S/C18H25N5O3/c1-3-4-5-13(11-19)20-18(24)17-12(2)23(22-21-17)14-6-7-15-16(10-14)26-9-8-25-15/h6-7,10,13H,3-5,8-9,11,19H2,1-2H3,(H,20,24). The number of carbonyl (C=O) groups excluding carboxylic acids is 1. The van der Waals surface area contributed by atoms with Crippen molar-refractivity contribution >= 4 is 5.91 Å². The maximum absolute atomic E-state index is 12.5. The minimum absolute atomic E-state index is 0.0544. The number of hydrogen-bond donors (Lipinski definition) is 2. The molecule has 3 rings (SSSR count). The molecule has 3 N–H and O–H groups in total. The van der Waals surface area contributed by atoms with Crippen molar-refractivity contribution < 1.29 is 14.3 Å². The molecule has 2 heterocycles. The van der Waals surface area contributed by atoms with Crippen LogP contribution in [0.15, 0.2) is 18.2 Å². The van der Waals surface area contributed by atoms with Crippen LogP contribution < -0.4 is 20.5 Å². The number of benzene rings is 1. The van der Waals surface area contributed by atoms with Crippen LogP contribution in [0.3, 0.4) is 0 Å². The Hall–Kier alpha value is -2.61. The minimum atomic E-state index is -0.252. The van der Waals surface area contributed by atoms with Crippen LogP contribution in [0.25, 0.3) is 5.69 Å². The molecule has 0 saturated heterocycles. The maximum atomic E-state index is 12.5. The highest BCUT2D eigenvalue weighted by atomic mass is 16.6. The van der Waals surface area contributed by atoms with Crippen LogP contribution in [0.5, 0.6) is 11.5 Å². The molecule has 1 aromatic carbocycles. The lowest BCUT2D eigenvalue weighted by atomic mass is 10.1. The number of fused-ring (bicyclic) bond motifs is 1. The quantitative estimate of drug-likeness (QED) is 0.778. The van der Waals surface area contributed by atoms with Crippen molar-refractivity contribution in [3.8, 4) is 17.2 Å². The molecule has 0 saturated carbocycles. The van der Waals surface area contributed by atoms with E-state index in [1.54, 1.807) is 4.68 Å². The Morgan fingerprint density at radius 3 is 2.85 bits per heavy atom. The Bertz CT molecular complexity index is 774. The molecule has 1 atom stereocenters. The first-order valence-corrected chi connectivity index (χ1v) is 8.97. The first-order valence-electron chi connectivity index (χ1n) is 8.97. The lowest BCUT2D eigenvalue weighted by Crippen LogP contribution is -2.40. The predicted molar refractivity (Wildman–Crippen MR) is 96.9 cm³/mol. The number of nitrogens with one attached hydrogen (secondary N) is 1. The summed E-state index contributed by atoms with van der Waals surface area (Å²) in [4.78, 5) is 12.5. The molecular formula is C18H25N5O3. The summed E-state index contributed by atoms with van der Waals surface area (Å²) in [6, 6.07) is 5.48. The van der Waals surface area contributed by atoms with Crippen molar-refractivity contribution in [2.45, 2.75) is 39.2 Å². The van der Waals surface area contributed by atoms with Crippen molar-refractivity contribution in [2.75, 3.05) is 19.8 Å². The summed E-state index contributed by atoms with van der Waals surface area (Å²) in [5.41, 5.74) is 7.48. The molecule has 2 aromatic rings. The number of amides is 1. The summed E-state index contributed by atoms with van der Waals surface area (Å²) in [6.45, 7) is 5.38. The largest absolute Gasteiger partial charge is 0.486 e. The third-order valence-corrected chi connectivity index (χ3v) is 4.41. The summed E-state index contributed by atoms with van der Waals surface area (Å²) in [6.07, 6.45) is 2.94. The molecule has 0 bridgehead atoms. The SMILES string of the molecule is CCCCC(CN)NC(=O)c1nnn(-c2ccc3c(c2)OCCO3)c1C. The third kappa shape index (κ3) is 3.80. The Morgan fingerprint density at radius 1 is 1.35 bits per heavy atom. The van der Waals surface area contributed by atoms with Gasteiger partial charge in [-0.3, -0.25) is 4.79 Å². The van der Waals surface area contributed by atoms with Crippen LogP contribution >= 0.6 is 0 Å². The van der Waals surface area contributed by atoms with Crippen LogP contribution in [0, 0.1) is 6.92 Å². The van der Waals surface area contributed by atoms with Crippen LogP contribution in [-0.4, -0.2) is 46.7 Å². The number of rotatable bonds is 7. The molecule has 0 fully saturated rings. The van der Waals surface area contributed by atoms with Gasteiger partial charge in [0.15, 0.2) is 17.2 Å². The number of carbonyl (C=O) groups is 1. The number of hydrogen-bond acceptors (Lipinski definition) is 6. The van der Waals surface area contributed by atoms with E-state index in [4.69, 9.17) is 15.2 Å². The average molecular weight is 359 g/mol. The number of unbranched alkanes of at least 4 members (excludes halogenated alkanes) is 1. The molecule has 1 aromatic heterocycles. The Kier molecular flexibility index (Phi) is 5.72. The van der Waals surface area contributed by atoms with E-state index in [0.717, 1.165) is 24.9 Å². The average Bonchev–Trinajstić information content (AvgIpc) is 3.06. The summed E-state index contributed by atoms with van der Waals surface area (Å²) in [5.74, 6) is 1.12. The molecule has 0 spiro atoms. The van der Waals surface area contributed by atoms with Gasteiger partial charge >= 0.3 is 0 Å². The van der Waals surface area contributed by atoms with E-state index in [-0.39, 0.29) is 11.9 Å². The van der Waals surface area contributed by atoms with Gasteiger partial charge in [-0.2, -0.15) is 0 Å². The van der Waals surface area contributed by atoms with Crippen LogP contribution in [0.2, 0.25) is 0 Å². The highest BCUT2D eigenvalue weighted by molar-refractivity contribution is 5.93. The zero-order valence-corrected chi connectivity index (χ0v) is 15.2. The van der Waals surface area contributed by atoms with E-state index >= 15 is 0 Å².